The molecule has 3 aliphatic rings. The van der Waals surface area contributed by atoms with Gasteiger partial charge in [-0.3, -0.25) is 9.98 Å². The van der Waals surface area contributed by atoms with Gasteiger partial charge < -0.3 is 24.5 Å². The molecule has 0 aromatic carbocycles. The molecular formula is C25H24N6O2. The van der Waals surface area contributed by atoms with E-state index in [0.717, 1.165) is 67.5 Å². The van der Waals surface area contributed by atoms with Gasteiger partial charge in [0.2, 0.25) is 0 Å². The van der Waals surface area contributed by atoms with Gasteiger partial charge in [0.25, 0.3) is 0 Å². The van der Waals surface area contributed by atoms with Crippen molar-refractivity contribution in [3.8, 4) is 0 Å². The normalized spacial score (nSPS) is 19.9. The minimum absolute atomic E-state index is 0.00394. The second-order valence-corrected chi connectivity index (χ2v) is 8.46. The van der Waals surface area contributed by atoms with Gasteiger partial charge in [-0.2, -0.15) is 0 Å². The van der Waals surface area contributed by atoms with Crippen molar-refractivity contribution in [2.24, 2.45) is 4.99 Å². The summed E-state index contributed by atoms with van der Waals surface area (Å²) in [4.78, 5) is 14.7. The first-order valence-corrected chi connectivity index (χ1v) is 10.9. The summed E-state index contributed by atoms with van der Waals surface area (Å²) in [5.41, 5.74) is 8.00. The van der Waals surface area contributed by atoms with E-state index in [-0.39, 0.29) is 6.04 Å². The summed E-state index contributed by atoms with van der Waals surface area (Å²) in [7, 11) is 3.75. The Morgan fingerprint density at radius 3 is 2.94 bits per heavy atom. The third-order valence-corrected chi connectivity index (χ3v) is 6.48. The predicted octanol–water partition coefficient (Wildman–Crippen LogP) is 3.60. The number of nitrogens with zero attached hydrogens (tertiary/aromatic N) is 4. The second-order valence-electron chi connectivity index (χ2n) is 8.46. The molecular weight excluding hydrogens is 416 g/mol. The number of hydrogen-bond acceptors (Lipinski definition) is 7. The first-order chi connectivity index (χ1) is 16.1. The standard InChI is InChI=1S/C25H24N6O2/c1-13-22(14(2)33-30-13)16-5-6-19-17(9-21(16)32-4)23-24(28-12-31(3)25(23)29-19)18-10-27-20-11-26-8-7-15(18)20/h5-11,19,27,29H,12H2,1-4H3. The van der Waals surface area contributed by atoms with Crippen LogP contribution in [0, 0.1) is 13.8 Å². The van der Waals surface area contributed by atoms with E-state index in [4.69, 9.17) is 14.3 Å². The number of pyridine rings is 1. The molecule has 0 fully saturated rings. The van der Waals surface area contributed by atoms with Gasteiger partial charge >= 0.3 is 0 Å². The Balaban J connectivity index is 1.54. The number of rotatable bonds is 3. The first-order valence-electron chi connectivity index (χ1n) is 10.9. The lowest BCUT2D eigenvalue weighted by Crippen LogP contribution is -2.33. The number of aryl methyl sites for hydroxylation is 2. The van der Waals surface area contributed by atoms with Crippen molar-refractivity contribution in [1.82, 2.24) is 25.3 Å². The van der Waals surface area contributed by atoms with Crippen molar-refractivity contribution in [2.75, 3.05) is 20.8 Å². The Morgan fingerprint density at radius 2 is 2.15 bits per heavy atom. The van der Waals surface area contributed by atoms with Gasteiger partial charge in [-0.25, -0.2) is 0 Å². The number of fused-ring (bicyclic) bond motifs is 3. The molecule has 8 heteroatoms. The number of nitrogens with one attached hydrogen (secondary N) is 2. The molecule has 2 aliphatic heterocycles. The highest BCUT2D eigenvalue weighted by Gasteiger charge is 2.37. The number of hydrogen-bond donors (Lipinski definition) is 2. The SMILES string of the molecule is COC1=C(c2c(C)noc2C)C=CC2NC3=C(C2=C1)C(c1c[nH]c2cnccc12)=NCN3C. The summed E-state index contributed by atoms with van der Waals surface area (Å²) >= 11 is 0. The molecule has 33 heavy (non-hydrogen) atoms. The average Bonchev–Trinajstić information content (AvgIpc) is 3.47. The summed E-state index contributed by atoms with van der Waals surface area (Å²) in [6.45, 7) is 4.46. The monoisotopic (exact) mass is 440 g/mol. The van der Waals surface area contributed by atoms with Crippen LogP contribution in [-0.2, 0) is 4.74 Å². The quantitative estimate of drug-likeness (QED) is 0.647. The molecule has 166 valence electrons. The van der Waals surface area contributed by atoms with Gasteiger partial charge in [0.05, 0.1) is 41.8 Å². The molecule has 2 N–H and O–H groups in total. The fourth-order valence-electron chi connectivity index (χ4n) is 4.90. The summed E-state index contributed by atoms with van der Waals surface area (Å²) in [5.74, 6) is 2.61. The maximum Gasteiger partial charge on any atom is 0.141 e. The van der Waals surface area contributed by atoms with E-state index in [1.54, 1.807) is 7.11 Å². The number of allylic oxidation sites excluding steroid dienone is 3. The van der Waals surface area contributed by atoms with Gasteiger partial charge in [-0.1, -0.05) is 17.3 Å². The van der Waals surface area contributed by atoms with Crippen LogP contribution >= 0.6 is 0 Å². The highest BCUT2D eigenvalue weighted by atomic mass is 16.5. The summed E-state index contributed by atoms with van der Waals surface area (Å²) in [6, 6.07) is 2.02. The van der Waals surface area contributed by atoms with Crippen LogP contribution in [0.25, 0.3) is 16.5 Å². The van der Waals surface area contributed by atoms with Crippen molar-refractivity contribution in [1.29, 1.82) is 0 Å². The molecule has 0 bridgehead atoms. The van der Waals surface area contributed by atoms with Crippen LogP contribution in [-0.4, -0.2) is 52.6 Å². The Kier molecular flexibility index (Phi) is 4.29. The zero-order valence-corrected chi connectivity index (χ0v) is 18.9. The minimum Gasteiger partial charge on any atom is -0.496 e. The Labute approximate surface area is 191 Å². The van der Waals surface area contributed by atoms with Gasteiger partial charge in [-0.05, 0) is 31.6 Å². The molecule has 3 aromatic rings. The topological polar surface area (TPSA) is 91.6 Å². The van der Waals surface area contributed by atoms with Crippen LogP contribution in [0.1, 0.15) is 22.6 Å². The summed E-state index contributed by atoms with van der Waals surface area (Å²) in [6.07, 6.45) is 12.1. The molecule has 0 spiro atoms. The van der Waals surface area contributed by atoms with Crippen molar-refractivity contribution < 1.29 is 9.26 Å². The number of H-pyrrole nitrogens is 1. The number of methoxy groups -OCH3 is 1. The third-order valence-electron chi connectivity index (χ3n) is 6.48. The van der Waals surface area contributed by atoms with E-state index >= 15 is 0 Å². The third kappa shape index (κ3) is 2.87. The molecule has 6 rings (SSSR count). The number of aromatic nitrogens is 3. The lowest BCUT2D eigenvalue weighted by Gasteiger charge is -2.25. The molecule has 1 atom stereocenters. The smallest absolute Gasteiger partial charge is 0.141 e. The maximum atomic E-state index is 5.89. The molecule has 3 aromatic heterocycles. The van der Waals surface area contributed by atoms with Gasteiger partial charge in [-0.15, -0.1) is 0 Å². The van der Waals surface area contributed by atoms with Crippen molar-refractivity contribution >= 4 is 22.2 Å². The molecule has 8 nitrogen and oxygen atoms in total. The van der Waals surface area contributed by atoms with Crippen molar-refractivity contribution in [2.45, 2.75) is 19.9 Å². The minimum atomic E-state index is -0.00394. The molecule has 0 saturated carbocycles. The Morgan fingerprint density at radius 1 is 1.27 bits per heavy atom. The van der Waals surface area contributed by atoms with Gasteiger partial charge in [0, 0.05) is 41.5 Å². The highest BCUT2D eigenvalue weighted by molar-refractivity contribution is 6.22. The zero-order valence-electron chi connectivity index (χ0n) is 18.9. The molecule has 0 saturated heterocycles. The predicted molar refractivity (Wildman–Crippen MR) is 126 cm³/mol. The van der Waals surface area contributed by atoms with Gasteiger partial charge in [0.15, 0.2) is 0 Å². The lowest BCUT2D eigenvalue weighted by atomic mass is 9.93. The largest absolute Gasteiger partial charge is 0.496 e. The maximum absolute atomic E-state index is 5.89. The molecule has 0 radical (unpaired) electrons. The van der Waals surface area contributed by atoms with E-state index < -0.39 is 0 Å². The van der Waals surface area contributed by atoms with E-state index in [1.807, 2.05) is 38.5 Å². The number of aromatic amines is 1. The average molecular weight is 441 g/mol. The van der Waals surface area contributed by atoms with Crippen LogP contribution in [0.3, 0.4) is 0 Å². The highest BCUT2D eigenvalue weighted by Crippen LogP contribution is 2.39. The fraction of sp³-hybridized carbons (Fsp3) is 0.240. The van der Waals surface area contributed by atoms with Crippen LogP contribution < -0.4 is 5.32 Å². The van der Waals surface area contributed by atoms with Crippen LogP contribution in [0.2, 0.25) is 0 Å². The van der Waals surface area contributed by atoms with Gasteiger partial charge in [0.1, 0.15) is 24.0 Å². The molecule has 0 amide bonds. The van der Waals surface area contributed by atoms with Crippen molar-refractivity contribution in [3.05, 3.63) is 88.2 Å². The Hall–Kier alpha value is -4.07. The number of aliphatic imine (C=N–C) groups is 1. The first kappa shape index (κ1) is 19.6. The van der Waals surface area contributed by atoms with Crippen molar-refractivity contribution in [3.63, 3.8) is 0 Å². The van der Waals surface area contributed by atoms with E-state index in [2.05, 4.69) is 50.6 Å². The molecule has 5 heterocycles. The Bertz CT molecular complexity index is 1430. The van der Waals surface area contributed by atoms with E-state index in [9.17, 15) is 0 Å². The number of ether oxygens (including phenoxy) is 1. The summed E-state index contributed by atoms with van der Waals surface area (Å²) < 4.78 is 11.3. The van der Waals surface area contributed by atoms with E-state index in [1.165, 1.54) is 0 Å². The second kappa shape index (κ2) is 7.23. The lowest BCUT2D eigenvalue weighted by molar-refractivity contribution is 0.309. The zero-order chi connectivity index (χ0) is 22.7. The van der Waals surface area contributed by atoms with E-state index in [0.29, 0.717) is 6.67 Å². The van der Waals surface area contributed by atoms with Crippen LogP contribution in [0.4, 0.5) is 0 Å². The molecule has 1 unspecified atom stereocenters. The summed E-state index contributed by atoms with van der Waals surface area (Å²) in [5, 5.41) is 8.93. The molecule has 1 aliphatic carbocycles. The van der Waals surface area contributed by atoms with Crippen LogP contribution in [0.5, 0.6) is 0 Å². The fourth-order valence-corrected chi connectivity index (χ4v) is 4.90. The van der Waals surface area contributed by atoms with Crippen LogP contribution in [0.15, 0.2) is 75.1 Å².